The minimum absolute atomic E-state index is 0.227. The Morgan fingerprint density at radius 2 is 1.14 bits per heavy atom. The molecule has 0 aliphatic rings. The zero-order chi connectivity index (χ0) is 11.2. The Morgan fingerprint density at radius 1 is 0.857 bits per heavy atom. The Morgan fingerprint density at radius 3 is 1.36 bits per heavy atom. The predicted octanol–water partition coefficient (Wildman–Crippen LogP) is 2.92. The number of unbranched alkanes of at least 4 members (excludes halogenated alkanes) is 4. The lowest BCUT2D eigenvalue weighted by molar-refractivity contribution is -0.137. The van der Waals surface area contributed by atoms with Crippen LogP contribution < -0.4 is 0 Å². The molecule has 0 saturated carbocycles. The molecule has 5 heteroatoms. The van der Waals surface area contributed by atoms with E-state index in [0.29, 0.717) is 12.8 Å². The predicted molar refractivity (Wildman–Crippen MR) is 48.6 cm³/mol. The lowest BCUT2D eigenvalue weighted by atomic mass is 10.2. The summed E-state index contributed by atoms with van der Waals surface area (Å²) >= 11 is 0. The second-order valence-electron chi connectivity index (χ2n) is 2.67. The molecule has 2 nitrogen and oxygen atoms in total. The van der Waals surface area contributed by atoms with Crippen LogP contribution in [-0.2, 0) is 4.79 Å². The second kappa shape index (κ2) is 14.8. The van der Waals surface area contributed by atoms with Crippen LogP contribution in [0, 0.1) is 0 Å². The van der Waals surface area contributed by atoms with Crippen LogP contribution in [0.25, 0.3) is 0 Å². The number of carboxylic acid groups (broad SMARTS) is 1. The molecule has 0 unspecified atom stereocenters. The van der Waals surface area contributed by atoms with E-state index in [1.807, 2.05) is 0 Å². The van der Waals surface area contributed by atoms with Crippen molar-refractivity contribution >= 4 is 5.97 Å². The summed E-state index contributed by atoms with van der Waals surface area (Å²) in [5.41, 5.74) is 0. The van der Waals surface area contributed by atoms with Crippen LogP contribution in [0.1, 0.15) is 32.1 Å². The Balaban J connectivity index is 0. The van der Waals surface area contributed by atoms with Crippen molar-refractivity contribution in [2.45, 2.75) is 32.1 Å². The van der Waals surface area contributed by atoms with Crippen molar-refractivity contribution in [2.75, 3.05) is 20.0 Å². The molecular formula is C9H17F3O2. The van der Waals surface area contributed by atoms with E-state index in [1.165, 1.54) is 0 Å². The highest BCUT2D eigenvalue weighted by Gasteiger charge is 1.88. The average Bonchev–Trinajstić information content (AvgIpc) is 2.19. The molecule has 0 amide bonds. The van der Waals surface area contributed by atoms with Gasteiger partial charge in [-0.15, -0.1) is 0 Å². The van der Waals surface area contributed by atoms with Crippen molar-refractivity contribution in [3.63, 3.8) is 0 Å². The molecule has 0 aliphatic heterocycles. The summed E-state index contributed by atoms with van der Waals surface area (Å²) in [7, 11) is 0. The van der Waals surface area contributed by atoms with E-state index in [-0.39, 0.29) is 13.3 Å². The van der Waals surface area contributed by atoms with Gasteiger partial charge < -0.3 is 5.11 Å². The summed E-state index contributed by atoms with van der Waals surface area (Å²) in [6.07, 6.45) is 4.10. The van der Waals surface area contributed by atoms with Crippen molar-refractivity contribution in [2.24, 2.45) is 0 Å². The van der Waals surface area contributed by atoms with E-state index in [0.717, 1.165) is 19.3 Å². The Labute approximate surface area is 82.1 Å². The molecule has 0 aromatic rings. The highest BCUT2D eigenvalue weighted by Crippen LogP contribution is 2.02. The molecule has 0 fully saturated rings. The second-order valence-corrected chi connectivity index (χ2v) is 2.67. The van der Waals surface area contributed by atoms with E-state index in [1.54, 1.807) is 0 Å². The van der Waals surface area contributed by atoms with Crippen molar-refractivity contribution in [1.29, 1.82) is 0 Å². The van der Waals surface area contributed by atoms with Crippen molar-refractivity contribution in [1.82, 2.24) is 0 Å². The fourth-order valence-electron chi connectivity index (χ4n) is 0.719. The van der Waals surface area contributed by atoms with Crippen LogP contribution in [-0.4, -0.2) is 31.1 Å². The lowest BCUT2D eigenvalue weighted by Gasteiger charge is -1.94. The number of halogens is 3. The van der Waals surface area contributed by atoms with E-state index in [2.05, 4.69) is 0 Å². The fourth-order valence-corrected chi connectivity index (χ4v) is 0.719. The SMILES string of the molecule is FCCCCCCCF.O=C(O)CF. The number of carbonyl (C=O) groups is 1. The lowest BCUT2D eigenvalue weighted by Crippen LogP contribution is -1.93. The monoisotopic (exact) mass is 214 g/mol. The molecule has 86 valence electrons. The van der Waals surface area contributed by atoms with Crippen molar-refractivity contribution in [3.05, 3.63) is 0 Å². The third-order valence-corrected chi connectivity index (χ3v) is 1.38. The van der Waals surface area contributed by atoms with Gasteiger partial charge in [-0.25, -0.2) is 9.18 Å². The van der Waals surface area contributed by atoms with Crippen LogP contribution in [0.2, 0.25) is 0 Å². The Hall–Kier alpha value is -0.740. The van der Waals surface area contributed by atoms with Gasteiger partial charge in [0.2, 0.25) is 0 Å². The maximum absolute atomic E-state index is 11.4. The quantitative estimate of drug-likeness (QED) is 0.661. The van der Waals surface area contributed by atoms with Gasteiger partial charge in [-0.1, -0.05) is 19.3 Å². The molecule has 14 heavy (non-hydrogen) atoms. The highest BCUT2D eigenvalue weighted by molar-refractivity contribution is 5.67. The average molecular weight is 214 g/mol. The highest BCUT2D eigenvalue weighted by atomic mass is 19.1. The minimum Gasteiger partial charge on any atom is -0.479 e. The van der Waals surface area contributed by atoms with Gasteiger partial charge >= 0.3 is 5.97 Å². The van der Waals surface area contributed by atoms with Gasteiger partial charge in [0.15, 0.2) is 6.67 Å². The number of rotatable bonds is 7. The first-order chi connectivity index (χ1) is 6.68. The third-order valence-electron chi connectivity index (χ3n) is 1.38. The van der Waals surface area contributed by atoms with Gasteiger partial charge in [0.05, 0.1) is 13.3 Å². The molecule has 0 atom stereocenters. The first-order valence-electron chi connectivity index (χ1n) is 4.58. The summed E-state index contributed by atoms with van der Waals surface area (Å²) in [6, 6.07) is 0. The molecule has 0 radical (unpaired) electrons. The summed E-state index contributed by atoms with van der Waals surface area (Å²) in [5, 5.41) is 7.35. The summed E-state index contributed by atoms with van der Waals surface area (Å²) in [6.45, 7) is -1.73. The largest absolute Gasteiger partial charge is 0.479 e. The Kier molecular flexibility index (Phi) is 16.6. The van der Waals surface area contributed by atoms with Crippen molar-refractivity contribution in [3.8, 4) is 0 Å². The molecular weight excluding hydrogens is 197 g/mol. The first-order valence-corrected chi connectivity index (χ1v) is 4.58. The number of hydrogen-bond acceptors (Lipinski definition) is 1. The van der Waals surface area contributed by atoms with E-state index >= 15 is 0 Å². The molecule has 0 aliphatic carbocycles. The molecule has 0 saturated heterocycles. The maximum Gasteiger partial charge on any atom is 0.335 e. The van der Waals surface area contributed by atoms with Gasteiger partial charge in [0.25, 0.3) is 0 Å². The topological polar surface area (TPSA) is 37.3 Å². The molecule has 0 aromatic heterocycles. The number of alkyl halides is 3. The number of hydrogen-bond donors (Lipinski definition) is 1. The molecule has 0 heterocycles. The summed E-state index contributed by atoms with van der Waals surface area (Å²) in [4.78, 5) is 8.99. The summed E-state index contributed by atoms with van der Waals surface area (Å²) < 4.78 is 33.4. The van der Waals surface area contributed by atoms with Crippen LogP contribution in [0.3, 0.4) is 0 Å². The Bertz CT molecular complexity index is 115. The minimum atomic E-state index is -1.41. The molecule has 0 rings (SSSR count). The zero-order valence-electron chi connectivity index (χ0n) is 8.15. The van der Waals surface area contributed by atoms with Crippen LogP contribution in [0.5, 0.6) is 0 Å². The molecule has 0 spiro atoms. The van der Waals surface area contributed by atoms with E-state index in [4.69, 9.17) is 9.90 Å². The van der Waals surface area contributed by atoms with Gasteiger partial charge in [-0.3, -0.25) is 8.78 Å². The third kappa shape index (κ3) is 22.5. The molecule has 0 bridgehead atoms. The van der Waals surface area contributed by atoms with E-state index < -0.39 is 12.6 Å². The smallest absolute Gasteiger partial charge is 0.335 e. The van der Waals surface area contributed by atoms with Gasteiger partial charge in [-0.05, 0) is 12.8 Å². The fraction of sp³-hybridized carbons (Fsp3) is 0.889. The number of aliphatic carboxylic acids is 1. The van der Waals surface area contributed by atoms with Gasteiger partial charge in [0.1, 0.15) is 0 Å². The zero-order valence-corrected chi connectivity index (χ0v) is 8.15. The number of carboxylic acids is 1. The molecule has 0 aromatic carbocycles. The van der Waals surface area contributed by atoms with Crippen LogP contribution in [0.4, 0.5) is 13.2 Å². The van der Waals surface area contributed by atoms with Gasteiger partial charge in [0, 0.05) is 0 Å². The van der Waals surface area contributed by atoms with Crippen LogP contribution >= 0.6 is 0 Å². The van der Waals surface area contributed by atoms with Crippen LogP contribution in [0.15, 0.2) is 0 Å². The molecule has 1 N–H and O–H groups in total. The van der Waals surface area contributed by atoms with Crippen molar-refractivity contribution < 1.29 is 23.1 Å². The van der Waals surface area contributed by atoms with E-state index in [9.17, 15) is 13.2 Å². The maximum atomic E-state index is 11.4. The summed E-state index contributed by atoms with van der Waals surface area (Å²) in [5.74, 6) is -1.41. The first kappa shape index (κ1) is 15.7. The normalized spacial score (nSPS) is 9.07. The standard InChI is InChI=1S/C7H14F2.C2H3FO2/c8-6-4-2-1-3-5-7-9;3-1-2(4)5/h1-7H2;1H2,(H,4,5). The van der Waals surface area contributed by atoms with Gasteiger partial charge in [-0.2, -0.15) is 0 Å².